The highest BCUT2D eigenvalue weighted by atomic mass is 35.5. The number of carbonyl (C=O) groups is 2. The van der Waals surface area contributed by atoms with Gasteiger partial charge in [-0.3, -0.25) is 10.2 Å². The summed E-state index contributed by atoms with van der Waals surface area (Å²) in [5.74, 6) is 0.548. The number of nitrogens with zero attached hydrogens (tertiary/aromatic N) is 2. The van der Waals surface area contributed by atoms with Crippen LogP contribution in [0.4, 0.5) is 4.79 Å². The highest BCUT2D eigenvalue weighted by Crippen LogP contribution is 2.28. The Balaban J connectivity index is 0.00000385. The first-order valence-corrected chi connectivity index (χ1v) is 10.5. The van der Waals surface area contributed by atoms with Gasteiger partial charge in [0.25, 0.3) is 0 Å². The van der Waals surface area contributed by atoms with Gasteiger partial charge in [-0.15, -0.1) is 12.4 Å². The predicted molar refractivity (Wildman–Crippen MR) is 130 cm³/mol. The van der Waals surface area contributed by atoms with Crippen molar-refractivity contribution in [2.24, 2.45) is 11.7 Å². The van der Waals surface area contributed by atoms with Gasteiger partial charge < -0.3 is 25.0 Å². The number of esters is 1. The number of nitrogen functional groups attached to an aromatic ring is 1. The molecule has 0 radical (unpaired) electrons. The zero-order chi connectivity index (χ0) is 23.3. The minimum absolute atomic E-state index is 0. The number of urea groups is 1. The van der Waals surface area contributed by atoms with E-state index < -0.39 is 0 Å². The van der Waals surface area contributed by atoms with Crippen molar-refractivity contribution in [1.29, 1.82) is 5.41 Å². The average molecular weight is 475 g/mol. The maximum Gasteiger partial charge on any atom is 0.319 e. The second-order valence-electron chi connectivity index (χ2n) is 8.19. The first-order valence-electron chi connectivity index (χ1n) is 10.5. The molecular weight excluding hydrogens is 444 g/mol. The third-order valence-electron chi connectivity index (χ3n) is 5.64. The number of halogens is 1. The average Bonchev–Trinajstić information content (AvgIpc) is 3.19. The molecule has 0 spiro atoms. The quantitative estimate of drug-likeness (QED) is 0.363. The number of amidine groups is 1. The van der Waals surface area contributed by atoms with Gasteiger partial charge in [0, 0.05) is 26.2 Å². The number of rotatable bonds is 7. The lowest BCUT2D eigenvalue weighted by molar-refractivity contribution is -0.141. The number of ether oxygens (including phenoxy) is 2. The lowest BCUT2D eigenvalue weighted by atomic mass is 10.0. The minimum atomic E-state index is -0.263. The van der Waals surface area contributed by atoms with E-state index in [1.807, 2.05) is 48.5 Å². The Morgan fingerprint density at radius 1 is 1.09 bits per heavy atom. The Morgan fingerprint density at radius 2 is 1.67 bits per heavy atom. The van der Waals surface area contributed by atoms with E-state index in [0.717, 1.165) is 11.1 Å². The zero-order valence-electron chi connectivity index (χ0n) is 19.1. The highest BCUT2D eigenvalue weighted by Gasteiger charge is 2.37. The molecule has 3 N–H and O–H groups in total. The fourth-order valence-electron chi connectivity index (χ4n) is 3.91. The maximum atomic E-state index is 12.6. The van der Waals surface area contributed by atoms with Crippen LogP contribution >= 0.6 is 12.4 Å². The van der Waals surface area contributed by atoms with Crippen LogP contribution in [0.3, 0.4) is 0 Å². The van der Waals surface area contributed by atoms with Gasteiger partial charge in [-0.05, 0) is 35.6 Å². The van der Waals surface area contributed by atoms with E-state index in [4.69, 9.17) is 20.6 Å². The van der Waals surface area contributed by atoms with E-state index >= 15 is 0 Å². The number of hydrogen-bond donors (Lipinski definition) is 2. The standard InChI is InChI=1S/C24H30N4O4.ClH/c1-27(2)24(30)28-14-16(13-22(29)31-3)12-20(28)15-32-21-10-8-18(9-11-21)17-4-6-19(7-5-17)23(25)26;/h4-11,16,20H,12-15H2,1-3H3,(H3,25,26);1H/t16-,20-;/m0./s1. The Labute approximate surface area is 200 Å². The molecule has 33 heavy (non-hydrogen) atoms. The van der Waals surface area contributed by atoms with Crippen LogP contribution < -0.4 is 10.5 Å². The van der Waals surface area contributed by atoms with Crippen LogP contribution in [0.15, 0.2) is 48.5 Å². The summed E-state index contributed by atoms with van der Waals surface area (Å²) < 4.78 is 10.8. The Hall–Kier alpha value is -3.26. The molecule has 1 saturated heterocycles. The van der Waals surface area contributed by atoms with Crippen molar-refractivity contribution in [1.82, 2.24) is 9.80 Å². The monoisotopic (exact) mass is 474 g/mol. The molecule has 0 aliphatic carbocycles. The molecule has 0 aromatic heterocycles. The van der Waals surface area contributed by atoms with E-state index in [1.165, 1.54) is 7.11 Å². The van der Waals surface area contributed by atoms with Crippen molar-refractivity contribution in [2.45, 2.75) is 18.9 Å². The van der Waals surface area contributed by atoms with Crippen molar-refractivity contribution in [3.8, 4) is 16.9 Å². The smallest absolute Gasteiger partial charge is 0.319 e. The molecule has 1 aliphatic rings. The van der Waals surface area contributed by atoms with Crippen molar-refractivity contribution in [3.63, 3.8) is 0 Å². The number of amides is 2. The van der Waals surface area contributed by atoms with Crippen LogP contribution in [0.2, 0.25) is 0 Å². The normalized spacial score (nSPS) is 17.1. The van der Waals surface area contributed by atoms with Gasteiger partial charge >= 0.3 is 12.0 Å². The molecule has 2 amide bonds. The molecule has 1 fully saturated rings. The Morgan fingerprint density at radius 3 is 2.18 bits per heavy atom. The summed E-state index contributed by atoms with van der Waals surface area (Å²) >= 11 is 0. The van der Waals surface area contributed by atoms with Crippen LogP contribution in [0, 0.1) is 11.3 Å². The van der Waals surface area contributed by atoms with Gasteiger partial charge in [0.15, 0.2) is 0 Å². The SMILES string of the molecule is COC(=O)C[C@@H]1C[C@@H](COc2ccc(-c3ccc(C(=N)N)cc3)cc2)N(C(=O)N(C)C)C1.Cl. The fraction of sp³-hybridized carbons (Fsp3) is 0.375. The third kappa shape index (κ3) is 6.61. The van der Waals surface area contributed by atoms with E-state index in [9.17, 15) is 9.59 Å². The summed E-state index contributed by atoms with van der Waals surface area (Å²) in [5.41, 5.74) is 8.24. The van der Waals surface area contributed by atoms with E-state index in [1.54, 1.807) is 23.9 Å². The molecular formula is C24H31ClN4O4. The lowest BCUT2D eigenvalue weighted by Gasteiger charge is -2.27. The highest BCUT2D eigenvalue weighted by molar-refractivity contribution is 5.95. The number of nitrogens with one attached hydrogen (secondary N) is 1. The minimum Gasteiger partial charge on any atom is -0.491 e. The molecule has 178 valence electrons. The molecule has 1 heterocycles. The third-order valence-corrected chi connectivity index (χ3v) is 5.64. The van der Waals surface area contributed by atoms with E-state index in [-0.39, 0.29) is 42.2 Å². The first-order chi connectivity index (χ1) is 15.3. The number of likely N-dealkylation sites (tertiary alicyclic amines) is 1. The molecule has 8 nitrogen and oxygen atoms in total. The summed E-state index contributed by atoms with van der Waals surface area (Å²) in [5, 5.41) is 7.49. The molecule has 9 heteroatoms. The van der Waals surface area contributed by atoms with Gasteiger partial charge in [-0.2, -0.15) is 0 Å². The van der Waals surface area contributed by atoms with Gasteiger partial charge in [0.05, 0.1) is 19.6 Å². The Bertz CT molecular complexity index is 963. The molecule has 3 rings (SSSR count). The second kappa shape index (κ2) is 11.6. The summed E-state index contributed by atoms with van der Waals surface area (Å²) in [6.45, 7) is 0.860. The van der Waals surface area contributed by atoms with Gasteiger partial charge in [-0.1, -0.05) is 36.4 Å². The largest absolute Gasteiger partial charge is 0.491 e. The van der Waals surface area contributed by atoms with Crippen molar-refractivity contribution < 1.29 is 19.1 Å². The van der Waals surface area contributed by atoms with Crippen molar-refractivity contribution in [3.05, 3.63) is 54.1 Å². The summed E-state index contributed by atoms with van der Waals surface area (Å²) in [6, 6.07) is 15.0. The van der Waals surface area contributed by atoms with Crippen LogP contribution in [-0.2, 0) is 9.53 Å². The van der Waals surface area contributed by atoms with E-state index in [2.05, 4.69) is 0 Å². The van der Waals surface area contributed by atoms with Crippen molar-refractivity contribution >= 4 is 30.2 Å². The zero-order valence-corrected chi connectivity index (χ0v) is 19.9. The van der Waals surface area contributed by atoms with Crippen LogP contribution in [0.1, 0.15) is 18.4 Å². The number of nitrogens with two attached hydrogens (primary N) is 1. The molecule has 2 aromatic rings. The van der Waals surface area contributed by atoms with Crippen LogP contribution in [-0.4, -0.2) is 68.0 Å². The first kappa shape index (κ1) is 26.0. The van der Waals surface area contributed by atoms with Gasteiger partial charge in [0.1, 0.15) is 18.2 Å². The Kier molecular flexibility index (Phi) is 9.11. The lowest BCUT2D eigenvalue weighted by Crippen LogP contribution is -2.44. The van der Waals surface area contributed by atoms with Gasteiger partial charge in [0.2, 0.25) is 0 Å². The summed E-state index contributed by atoms with van der Waals surface area (Å²) in [4.78, 5) is 27.6. The molecule has 1 aliphatic heterocycles. The molecule has 2 atom stereocenters. The topological polar surface area (TPSA) is 109 Å². The maximum absolute atomic E-state index is 12.6. The second-order valence-corrected chi connectivity index (χ2v) is 8.19. The molecule has 0 unspecified atom stereocenters. The number of benzene rings is 2. The molecule has 0 bridgehead atoms. The van der Waals surface area contributed by atoms with Crippen LogP contribution in [0.5, 0.6) is 5.75 Å². The predicted octanol–water partition coefficient (Wildman–Crippen LogP) is 3.37. The number of methoxy groups -OCH3 is 1. The van der Waals surface area contributed by atoms with Crippen LogP contribution in [0.25, 0.3) is 11.1 Å². The summed E-state index contributed by atoms with van der Waals surface area (Å²) in [7, 11) is 4.81. The van der Waals surface area contributed by atoms with Gasteiger partial charge in [-0.25, -0.2) is 4.79 Å². The fourth-order valence-corrected chi connectivity index (χ4v) is 3.91. The molecule has 0 saturated carbocycles. The number of hydrogen-bond acceptors (Lipinski definition) is 5. The summed E-state index contributed by atoms with van der Waals surface area (Å²) in [6.07, 6.45) is 0.983. The van der Waals surface area contributed by atoms with Crippen molar-refractivity contribution in [2.75, 3.05) is 34.4 Å². The molecule has 2 aromatic carbocycles. The van der Waals surface area contributed by atoms with E-state index in [0.29, 0.717) is 37.3 Å². The number of carbonyl (C=O) groups excluding carboxylic acids is 2.